The Bertz CT molecular complexity index is 1100. The fourth-order valence-electron chi connectivity index (χ4n) is 2.75. The highest BCUT2D eigenvalue weighted by Gasteiger charge is 2.11. The molecule has 0 aliphatic carbocycles. The molecule has 28 heavy (non-hydrogen) atoms. The molecule has 0 amide bonds. The molecule has 0 aliphatic rings. The summed E-state index contributed by atoms with van der Waals surface area (Å²) in [5.41, 5.74) is 5.08. The molecule has 4 aromatic rings. The number of hydrogen-bond acceptors (Lipinski definition) is 8. The van der Waals surface area contributed by atoms with Crippen LogP contribution in [0.4, 0.5) is 5.82 Å². The lowest BCUT2D eigenvalue weighted by atomic mass is 10.2. The van der Waals surface area contributed by atoms with Gasteiger partial charge in [0.2, 0.25) is 0 Å². The largest absolute Gasteiger partial charge is 0.493 e. The molecular weight excluding hydrogens is 360 g/mol. The zero-order chi connectivity index (χ0) is 19.3. The van der Waals surface area contributed by atoms with Crippen LogP contribution in [0, 0.1) is 0 Å². The van der Waals surface area contributed by atoms with Gasteiger partial charge in [-0.05, 0) is 35.9 Å². The molecule has 142 valence electrons. The first-order chi connectivity index (χ1) is 13.8. The smallest absolute Gasteiger partial charge is 0.177 e. The third kappa shape index (κ3) is 3.50. The molecule has 0 spiro atoms. The van der Waals surface area contributed by atoms with Crippen LogP contribution in [0.15, 0.2) is 58.8 Å². The van der Waals surface area contributed by atoms with Crippen molar-refractivity contribution in [2.45, 2.75) is 6.54 Å². The van der Waals surface area contributed by atoms with Crippen molar-refractivity contribution in [3.05, 3.63) is 60.6 Å². The van der Waals surface area contributed by atoms with Gasteiger partial charge in [0, 0.05) is 0 Å². The number of aromatic nitrogens is 4. The van der Waals surface area contributed by atoms with E-state index in [2.05, 4.69) is 25.5 Å². The molecule has 9 heteroatoms. The summed E-state index contributed by atoms with van der Waals surface area (Å²) in [5, 5.41) is 4.25. The van der Waals surface area contributed by atoms with E-state index >= 15 is 0 Å². The van der Waals surface area contributed by atoms with Gasteiger partial charge in [0.05, 0.1) is 39.6 Å². The minimum absolute atomic E-state index is 0.514. The van der Waals surface area contributed by atoms with Gasteiger partial charge in [0.1, 0.15) is 12.1 Å². The van der Waals surface area contributed by atoms with E-state index in [-0.39, 0.29) is 0 Å². The summed E-state index contributed by atoms with van der Waals surface area (Å²) in [6.07, 6.45) is 6.47. The molecule has 1 aromatic carbocycles. The maximum atomic E-state index is 5.38. The monoisotopic (exact) mass is 378 g/mol. The first-order valence-corrected chi connectivity index (χ1v) is 8.48. The lowest BCUT2D eigenvalue weighted by molar-refractivity contribution is 0.355. The van der Waals surface area contributed by atoms with Crippen LogP contribution in [0.3, 0.4) is 0 Å². The number of methoxy groups -OCH3 is 2. The second-order valence-corrected chi connectivity index (χ2v) is 5.83. The van der Waals surface area contributed by atoms with E-state index in [1.54, 1.807) is 33.0 Å². The van der Waals surface area contributed by atoms with Gasteiger partial charge in [-0.3, -0.25) is 5.43 Å². The fourth-order valence-corrected chi connectivity index (χ4v) is 2.75. The molecule has 3 heterocycles. The van der Waals surface area contributed by atoms with Crippen LogP contribution in [-0.4, -0.2) is 40.0 Å². The Balaban J connectivity index is 1.53. The van der Waals surface area contributed by atoms with Gasteiger partial charge < -0.3 is 18.5 Å². The van der Waals surface area contributed by atoms with E-state index in [0.717, 1.165) is 11.3 Å². The number of nitrogens with zero attached hydrogens (tertiary/aromatic N) is 5. The second kappa shape index (κ2) is 7.78. The van der Waals surface area contributed by atoms with Crippen LogP contribution in [-0.2, 0) is 6.54 Å². The Morgan fingerprint density at radius 1 is 1.14 bits per heavy atom. The molecule has 0 aliphatic heterocycles. The van der Waals surface area contributed by atoms with Gasteiger partial charge in [0.25, 0.3) is 0 Å². The predicted octanol–water partition coefficient (Wildman–Crippen LogP) is 2.93. The van der Waals surface area contributed by atoms with Crippen molar-refractivity contribution < 1.29 is 13.9 Å². The number of ether oxygens (including phenoxy) is 2. The molecule has 9 nitrogen and oxygen atoms in total. The lowest BCUT2D eigenvalue weighted by Crippen LogP contribution is -2.00. The molecule has 0 saturated carbocycles. The third-order valence-electron chi connectivity index (χ3n) is 4.10. The molecule has 1 N–H and O–H groups in total. The van der Waals surface area contributed by atoms with Crippen molar-refractivity contribution in [1.82, 2.24) is 19.5 Å². The van der Waals surface area contributed by atoms with Gasteiger partial charge in [-0.15, -0.1) is 0 Å². The average Bonchev–Trinajstić information content (AvgIpc) is 3.39. The van der Waals surface area contributed by atoms with E-state index in [1.165, 1.54) is 6.33 Å². The predicted molar refractivity (Wildman–Crippen MR) is 104 cm³/mol. The van der Waals surface area contributed by atoms with Gasteiger partial charge in [-0.2, -0.15) is 5.10 Å². The Hall–Kier alpha value is -3.88. The fraction of sp³-hybridized carbons (Fsp3) is 0.158. The van der Waals surface area contributed by atoms with E-state index < -0.39 is 0 Å². The molecule has 0 atom stereocenters. The summed E-state index contributed by atoms with van der Waals surface area (Å²) in [6.45, 7) is 0.537. The topological polar surface area (TPSA) is 99.6 Å². The average molecular weight is 378 g/mol. The zero-order valence-electron chi connectivity index (χ0n) is 15.4. The summed E-state index contributed by atoms with van der Waals surface area (Å²) in [6, 6.07) is 9.27. The molecule has 0 saturated heterocycles. The number of anilines is 1. The van der Waals surface area contributed by atoms with E-state index in [4.69, 9.17) is 13.9 Å². The number of benzene rings is 1. The summed E-state index contributed by atoms with van der Waals surface area (Å²) >= 11 is 0. The van der Waals surface area contributed by atoms with Crippen LogP contribution in [0.5, 0.6) is 11.5 Å². The number of rotatable bonds is 7. The molecule has 0 radical (unpaired) electrons. The van der Waals surface area contributed by atoms with Crippen LogP contribution in [0.1, 0.15) is 11.3 Å². The van der Waals surface area contributed by atoms with Gasteiger partial charge >= 0.3 is 0 Å². The van der Waals surface area contributed by atoms with E-state index in [0.29, 0.717) is 35.0 Å². The summed E-state index contributed by atoms with van der Waals surface area (Å²) in [4.78, 5) is 12.9. The minimum Gasteiger partial charge on any atom is -0.493 e. The Labute approximate surface area is 160 Å². The zero-order valence-corrected chi connectivity index (χ0v) is 15.4. The van der Waals surface area contributed by atoms with E-state index in [1.807, 2.05) is 34.9 Å². The van der Waals surface area contributed by atoms with Crippen molar-refractivity contribution in [2.24, 2.45) is 5.10 Å². The van der Waals surface area contributed by atoms with Crippen molar-refractivity contribution in [1.29, 1.82) is 0 Å². The van der Waals surface area contributed by atoms with Crippen molar-refractivity contribution in [3.63, 3.8) is 0 Å². The number of nitrogens with one attached hydrogen (secondary N) is 1. The Kier molecular flexibility index (Phi) is 4.87. The number of hydrogen-bond donors (Lipinski definition) is 1. The first kappa shape index (κ1) is 17.5. The number of furan rings is 1. The maximum absolute atomic E-state index is 5.38. The maximum Gasteiger partial charge on any atom is 0.177 e. The molecule has 4 rings (SSSR count). The van der Waals surface area contributed by atoms with Gasteiger partial charge in [0.15, 0.2) is 28.5 Å². The number of fused-ring (bicyclic) bond motifs is 1. The Morgan fingerprint density at radius 3 is 2.82 bits per heavy atom. The molecule has 3 aromatic heterocycles. The number of hydrazone groups is 1. The SMILES string of the molecule is COc1ccc(/C=N/Nc2ncnc3c2ncn3Cc2ccco2)cc1OC. The van der Waals surface area contributed by atoms with Crippen LogP contribution in [0.2, 0.25) is 0 Å². The minimum atomic E-state index is 0.514. The third-order valence-corrected chi connectivity index (χ3v) is 4.10. The van der Waals surface area contributed by atoms with Crippen molar-refractivity contribution in [3.8, 4) is 11.5 Å². The Morgan fingerprint density at radius 2 is 2.04 bits per heavy atom. The van der Waals surface area contributed by atoms with E-state index in [9.17, 15) is 0 Å². The highest BCUT2D eigenvalue weighted by Crippen LogP contribution is 2.27. The van der Waals surface area contributed by atoms with Gasteiger partial charge in [-0.1, -0.05) is 0 Å². The molecular formula is C19H18N6O3. The summed E-state index contributed by atoms with van der Waals surface area (Å²) in [7, 11) is 3.19. The normalized spacial score (nSPS) is 11.2. The van der Waals surface area contributed by atoms with Crippen molar-refractivity contribution in [2.75, 3.05) is 19.6 Å². The summed E-state index contributed by atoms with van der Waals surface area (Å²) in [5.74, 6) is 2.62. The quantitative estimate of drug-likeness (QED) is 0.390. The van der Waals surface area contributed by atoms with Crippen molar-refractivity contribution >= 4 is 23.2 Å². The van der Waals surface area contributed by atoms with Gasteiger partial charge in [-0.25, -0.2) is 15.0 Å². The molecule has 0 fully saturated rings. The second-order valence-electron chi connectivity index (χ2n) is 5.83. The lowest BCUT2D eigenvalue weighted by Gasteiger charge is -2.07. The summed E-state index contributed by atoms with van der Waals surface area (Å²) < 4.78 is 17.8. The van der Waals surface area contributed by atoms with Crippen LogP contribution < -0.4 is 14.9 Å². The molecule has 0 unspecified atom stereocenters. The van der Waals surface area contributed by atoms with Crippen LogP contribution in [0.25, 0.3) is 11.2 Å². The number of imidazole rings is 1. The molecule has 0 bridgehead atoms. The van der Waals surface area contributed by atoms with Crippen LogP contribution >= 0.6 is 0 Å². The highest BCUT2D eigenvalue weighted by atomic mass is 16.5. The highest BCUT2D eigenvalue weighted by molar-refractivity contribution is 5.85. The standard InChI is InChI=1S/C19H18N6O3/c1-26-15-6-5-13(8-16(15)27-2)9-23-24-18-17-19(21-11-20-18)25(12-22-17)10-14-4-3-7-28-14/h3-9,11-12H,10H2,1-2H3,(H,20,21,24)/b23-9+. The first-order valence-electron chi connectivity index (χ1n) is 8.48.